The van der Waals surface area contributed by atoms with E-state index in [2.05, 4.69) is 33.8 Å². The first-order valence-electron chi connectivity index (χ1n) is 6.37. The summed E-state index contributed by atoms with van der Waals surface area (Å²) in [7, 11) is 1.93. The number of hydrogen-bond acceptors (Lipinski definition) is 5. The molecule has 1 atom stereocenters. The average Bonchev–Trinajstić information content (AvgIpc) is 3.01. The van der Waals surface area contributed by atoms with E-state index in [1.807, 2.05) is 17.1 Å². The van der Waals surface area contributed by atoms with Gasteiger partial charge in [-0.3, -0.25) is 4.68 Å². The van der Waals surface area contributed by atoms with Gasteiger partial charge in [-0.05, 0) is 24.5 Å². The Morgan fingerprint density at radius 2 is 2.26 bits per heavy atom. The number of nitrogens with zero attached hydrogens (tertiary/aromatic N) is 4. The van der Waals surface area contributed by atoms with Crippen molar-refractivity contribution in [3.8, 4) is 0 Å². The maximum absolute atomic E-state index is 6.39. The van der Waals surface area contributed by atoms with Gasteiger partial charge in [0.15, 0.2) is 0 Å². The molecule has 0 aliphatic rings. The molecule has 0 fully saturated rings. The summed E-state index contributed by atoms with van der Waals surface area (Å²) >= 11 is 7.76. The van der Waals surface area contributed by atoms with Gasteiger partial charge in [0.2, 0.25) is 0 Å². The second-order valence-electron chi connectivity index (χ2n) is 4.33. The van der Waals surface area contributed by atoms with Crippen molar-refractivity contribution < 1.29 is 0 Å². The molecule has 0 bridgehead atoms. The number of aryl methyl sites for hydroxylation is 2. The zero-order chi connectivity index (χ0) is 13.8. The Balaban J connectivity index is 2.24. The summed E-state index contributed by atoms with van der Waals surface area (Å²) in [4.78, 5) is 0. The van der Waals surface area contributed by atoms with Crippen molar-refractivity contribution in [3.63, 3.8) is 0 Å². The molecule has 0 aromatic carbocycles. The van der Waals surface area contributed by atoms with Crippen LogP contribution in [0.25, 0.3) is 0 Å². The van der Waals surface area contributed by atoms with E-state index in [9.17, 15) is 0 Å². The molecule has 0 saturated carbocycles. The van der Waals surface area contributed by atoms with Gasteiger partial charge in [-0.2, -0.15) is 5.10 Å². The predicted octanol–water partition coefficient (Wildman–Crippen LogP) is 2.38. The summed E-state index contributed by atoms with van der Waals surface area (Å²) in [6, 6.07) is 0.126. The number of aromatic nitrogens is 4. The molecular weight excluding hydrogens is 282 g/mol. The predicted molar refractivity (Wildman–Crippen MR) is 77.6 cm³/mol. The number of likely N-dealkylation sites (N-methyl/N-ethyl adjacent to an activating group) is 1. The van der Waals surface area contributed by atoms with Crippen molar-refractivity contribution in [1.29, 1.82) is 0 Å². The standard InChI is InChI=1S/C12H18ClN5S/c1-4-8-12(13)11(18(3)16-8)6-9(14-5-2)10-7-19-17-15-10/h7,9,14H,4-6H2,1-3H3. The average molecular weight is 300 g/mol. The maximum atomic E-state index is 6.39. The quantitative estimate of drug-likeness (QED) is 0.890. The van der Waals surface area contributed by atoms with Gasteiger partial charge >= 0.3 is 0 Å². The van der Waals surface area contributed by atoms with Gasteiger partial charge in [0, 0.05) is 18.8 Å². The van der Waals surface area contributed by atoms with E-state index in [4.69, 9.17) is 11.6 Å². The smallest absolute Gasteiger partial charge is 0.0928 e. The van der Waals surface area contributed by atoms with Crippen molar-refractivity contribution in [2.24, 2.45) is 7.05 Å². The molecule has 0 aliphatic heterocycles. The van der Waals surface area contributed by atoms with Gasteiger partial charge in [0.25, 0.3) is 0 Å². The minimum Gasteiger partial charge on any atom is -0.308 e. The Hall–Kier alpha value is -0.980. The van der Waals surface area contributed by atoms with Crippen LogP contribution >= 0.6 is 23.1 Å². The molecule has 0 aliphatic carbocycles. The van der Waals surface area contributed by atoms with Crippen LogP contribution in [0.3, 0.4) is 0 Å². The molecule has 1 unspecified atom stereocenters. The van der Waals surface area contributed by atoms with Crippen LogP contribution in [-0.4, -0.2) is 25.9 Å². The lowest BCUT2D eigenvalue weighted by Gasteiger charge is -2.15. The molecular formula is C12H18ClN5S. The summed E-state index contributed by atoms with van der Waals surface area (Å²) in [5.74, 6) is 0. The van der Waals surface area contributed by atoms with Crippen molar-refractivity contribution in [2.45, 2.75) is 32.7 Å². The molecule has 19 heavy (non-hydrogen) atoms. The minimum absolute atomic E-state index is 0.126. The summed E-state index contributed by atoms with van der Waals surface area (Å²) in [5.41, 5.74) is 2.95. The largest absolute Gasteiger partial charge is 0.308 e. The van der Waals surface area contributed by atoms with Gasteiger partial charge in [-0.25, -0.2) is 0 Å². The third kappa shape index (κ3) is 3.13. The first-order valence-corrected chi connectivity index (χ1v) is 7.59. The zero-order valence-electron chi connectivity index (χ0n) is 11.4. The zero-order valence-corrected chi connectivity index (χ0v) is 12.9. The Labute approximate surface area is 122 Å². The lowest BCUT2D eigenvalue weighted by Crippen LogP contribution is -2.24. The SMILES string of the molecule is CCNC(Cc1c(Cl)c(CC)nn1C)c1csnn1. The van der Waals surface area contributed by atoms with Crippen LogP contribution in [0.2, 0.25) is 5.02 Å². The molecule has 2 heterocycles. The molecule has 7 heteroatoms. The van der Waals surface area contributed by atoms with E-state index in [0.717, 1.165) is 41.5 Å². The normalized spacial score (nSPS) is 12.8. The molecule has 1 N–H and O–H groups in total. The molecule has 0 saturated heterocycles. The third-order valence-corrected chi connectivity index (χ3v) is 4.04. The number of nitrogens with one attached hydrogen (secondary N) is 1. The van der Waals surface area contributed by atoms with Crippen LogP contribution < -0.4 is 5.32 Å². The number of halogens is 1. The van der Waals surface area contributed by atoms with Crippen molar-refractivity contribution in [1.82, 2.24) is 24.7 Å². The Morgan fingerprint density at radius 3 is 2.79 bits per heavy atom. The van der Waals surface area contributed by atoms with Crippen LogP contribution in [-0.2, 0) is 19.9 Å². The van der Waals surface area contributed by atoms with Crippen LogP contribution in [0.4, 0.5) is 0 Å². The van der Waals surface area contributed by atoms with Crippen LogP contribution in [0.1, 0.15) is 37.0 Å². The highest BCUT2D eigenvalue weighted by Crippen LogP contribution is 2.26. The van der Waals surface area contributed by atoms with Crippen LogP contribution in [0, 0.1) is 0 Å². The minimum atomic E-state index is 0.126. The number of hydrogen-bond donors (Lipinski definition) is 1. The third-order valence-electron chi connectivity index (χ3n) is 3.08. The van der Waals surface area contributed by atoms with Crippen LogP contribution in [0.5, 0.6) is 0 Å². The van der Waals surface area contributed by atoms with Gasteiger partial charge < -0.3 is 5.32 Å². The van der Waals surface area contributed by atoms with Crippen molar-refractivity contribution in [2.75, 3.05) is 6.54 Å². The van der Waals surface area contributed by atoms with E-state index in [1.165, 1.54) is 11.5 Å². The topological polar surface area (TPSA) is 55.6 Å². The molecule has 0 amide bonds. The summed E-state index contributed by atoms with van der Waals surface area (Å²) in [5, 5.41) is 14.8. The van der Waals surface area contributed by atoms with E-state index < -0.39 is 0 Å². The molecule has 2 aromatic heterocycles. The second kappa shape index (κ2) is 6.45. The van der Waals surface area contributed by atoms with E-state index >= 15 is 0 Å². The fourth-order valence-electron chi connectivity index (χ4n) is 2.09. The Morgan fingerprint density at radius 1 is 1.47 bits per heavy atom. The van der Waals surface area contributed by atoms with Gasteiger partial charge in [-0.1, -0.05) is 29.9 Å². The highest BCUT2D eigenvalue weighted by atomic mass is 35.5. The fraction of sp³-hybridized carbons (Fsp3) is 0.583. The van der Waals surface area contributed by atoms with Gasteiger partial charge in [0.05, 0.1) is 28.1 Å². The van der Waals surface area contributed by atoms with Gasteiger partial charge in [0.1, 0.15) is 0 Å². The van der Waals surface area contributed by atoms with Crippen molar-refractivity contribution in [3.05, 3.63) is 27.5 Å². The summed E-state index contributed by atoms with van der Waals surface area (Å²) in [6.45, 7) is 5.01. The van der Waals surface area contributed by atoms with E-state index in [1.54, 1.807) is 0 Å². The monoisotopic (exact) mass is 299 g/mol. The second-order valence-corrected chi connectivity index (χ2v) is 5.32. The Bertz CT molecular complexity index is 522. The number of rotatable bonds is 6. The Kier molecular flexibility index (Phi) is 4.90. The summed E-state index contributed by atoms with van der Waals surface area (Å²) < 4.78 is 5.80. The fourth-order valence-corrected chi connectivity index (χ4v) is 2.97. The van der Waals surface area contributed by atoms with Crippen LogP contribution in [0.15, 0.2) is 5.38 Å². The lowest BCUT2D eigenvalue weighted by atomic mass is 10.1. The first kappa shape index (κ1) is 14.4. The lowest BCUT2D eigenvalue weighted by molar-refractivity contribution is 0.516. The first-order chi connectivity index (χ1) is 9.17. The molecule has 0 radical (unpaired) electrons. The van der Waals surface area contributed by atoms with Crippen molar-refractivity contribution >= 4 is 23.1 Å². The molecule has 2 aromatic rings. The summed E-state index contributed by atoms with van der Waals surface area (Å²) in [6.07, 6.45) is 1.61. The molecule has 0 spiro atoms. The highest BCUT2D eigenvalue weighted by molar-refractivity contribution is 7.03. The maximum Gasteiger partial charge on any atom is 0.0928 e. The highest BCUT2D eigenvalue weighted by Gasteiger charge is 2.20. The molecule has 104 valence electrons. The van der Waals surface area contributed by atoms with E-state index in [0.29, 0.717) is 0 Å². The van der Waals surface area contributed by atoms with Gasteiger partial charge in [-0.15, -0.1) is 5.10 Å². The molecule has 2 rings (SSSR count). The van der Waals surface area contributed by atoms with E-state index in [-0.39, 0.29) is 6.04 Å². The molecule has 5 nitrogen and oxygen atoms in total.